The summed E-state index contributed by atoms with van der Waals surface area (Å²) in [5, 5.41) is 3.39. The predicted molar refractivity (Wildman–Crippen MR) is 67.6 cm³/mol. The Morgan fingerprint density at radius 2 is 2.24 bits per heavy atom. The molecule has 2 saturated carbocycles. The van der Waals surface area contributed by atoms with Gasteiger partial charge in [-0.1, -0.05) is 6.42 Å². The highest BCUT2D eigenvalue weighted by Crippen LogP contribution is 2.49. The molecule has 0 aromatic carbocycles. The van der Waals surface area contributed by atoms with E-state index >= 15 is 0 Å². The number of carbonyl (C=O) groups excluding carboxylic acids is 1. The molecule has 1 saturated heterocycles. The number of fused-ring (bicyclic) bond motifs is 2. The molecule has 2 bridgehead atoms. The number of nitrogens with zero attached hydrogens (tertiary/aromatic N) is 1. The molecule has 17 heavy (non-hydrogen) atoms. The maximum absolute atomic E-state index is 12.3. The molecule has 1 aliphatic heterocycles. The quantitative estimate of drug-likeness (QED) is 0.790. The number of amides is 1. The van der Waals surface area contributed by atoms with E-state index in [9.17, 15) is 4.79 Å². The van der Waals surface area contributed by atoms with Crippen LogP contribution in [-0.4, -0.2) is 36.5 Å². The normalized spacial score (nSPS) is 40.9. The van der Waals surface area contributed by atoms with Crippen LogP contribution in [0.1, 0.15) is 39.0 Å². The first kappa shape index (κ1) is 11.5. The van der Waals surface area contributed by atoms with E-state index in [2.05, 4.69) is 17.1 Å². The van der Waals surface area contributed by atoms with Gasteiger partial charge in [-0.15, -0.1) is 0 Å². The van der Waals surface area contributed by atoms with Gasteiger partial charge in [-0.2, -0.15) is 0 Å². The fraction of sp³-hybridized carbons (Fsp3) is 0.929. The summed E-state index contributed by atoms with van der Waals surface area (Å²) in [6.07, 6.45) is 6.39. The molecule has 1 N–H and O–H groups in total. The molecule has 0 aromatic rings. The van der Waals surface area contributed by atoms with Crippen molar-refractivity contribution in [3.8, 4) is 0 Å². The van der Waals surface area contributed by atoms with E-state index < -0.39 is 0 Å². The fourth-order valence-corrected chi connectivity index (χ4v) is 4.14. The highest BCUT2D eigenvalue weighted by atomic mass is 16.2. The van der Waals surface area contributed by atoms with E-state index in [0.717, 1.165) is 37.9 Å². The Morgan fingerprint density at radius 1 is 1.35 bits per heavy atom. The Balaban J connectivity index is 1.53. The van der Waals surface area contributed by atoms with Crippen LogP contribution in [0.25, 0.3) is 0 Å². The van der Waals surface area contributed by atoms with Crippen molar-refractivity contribution < 1.29 is 4.79 Å². The van der Waals surface area contributed by atoms with Crippen molar-refractivity contribution in [2.75, 3.05) is 19.6 Å². The van der Waals surface area contributed by atoms with Gasteiger partial charge < -0.3 is 10.2 Å². The first-order valence-corrected chi connectivity index (χ1v) is 7.23. The van der Waals surface area contributed by atoms with Crippen LogP contribution in [0, 0.1) is 17.8 Å². The second kappa shape index (κ2) is 4.60. The van der Waals surface area contributed by atoms with Gasteiger partial charge in [-0.05, 0) is 43.9 Å². The number of hydrogen-bond acceptors (Lipinski definition) is 2. The molecular formula is C14H24N2O. The number of hydrogen-bond donors (Lipinski definition) is 1. The van der Waals surface area contributed by atoms with Crippen molar-refractivity contribution in [3.05, 3.63) is 0 Å². The molecule has 1 amide bonds. The van der Waals surface area contributed by atoms with Crippen molar-refractivity contribution in [2.24, 2.45) is 17.8 Å². The molecular weight excluding hydrogens is 212 g/mol. The van der Waals surface area contributed by atoms with Gasteiger partial charge in [0.2, 0.25) is 5.91 Å². The van der Waals surface area contributed by atoms with E-state index in [4.69, 9.17) is 0 Å². The molecule has 3 rings (SSSR count). The summed E-state index contributed by atoms with van der Waals surface area (Å²) in [6, 6.07) is 0.465. The molecule has 1 heterocycles. The summed E-state index contributed by atoms with van der Waals surface area (Å²) >= 11 is 0. The highest BCUT2D eigenvalue weighted by Gasteiger charge is 2.40. The van der Waals surface area contributed by atoms with Crippen LogP contribution in [-0.2, 0) is 4.79 Å². The van der Waals surface area contributed by atoms with Crippen LogP contribution in [0.15, 0.2) is 0 Å². The number of piperazine rings is 1. The minimum absolute atomic E-state index is 0.413. The van der Waals surface area contributed by atoms with Crippen LogP contribution >= 0.6 is 0 Å². The lowest BCUT2D eigenvalue weighted by molar-refractivity contribution is -0.133. The third kappa shape index (κ3) is 2.35. The van der Waals surface area contributed by atoms with Gasteiger partial charge >= 0.3 is 0 Å². The summed E-state index contributed by atoms with van der Waals surface area (Å²) in [7, 11) is 0. The average Bonchev–Trinajstić information content (AvgIpc) is 2.91. The minimum Gasteiger partial charge on any atom is -0.340 e. The lowest BCUT2D eigenvalue weighted by Crippen LogP contribution is -2.51. The molecule has 4 atom stereocenters. The SMILES string of the molecule is C[C@H]1CN(C(=O)CC2CC3CCC2C3)CCN1. The first-order chi connectivity index (χ1) is 8.22. The summed E-state index contributed by atoms with van der Waals surface area (Å²) < 4.78 is 0. The van der Waals surface area contributed by atoms with Gasteiger partial charge in [0.05, 0.1) is 0 Å². The summed E-state index contributed by atoms with van der Waals surface area (Å²) in [5.74, 6) is 2.96. The van der Waals surface area contributed by atoms with Crippen molar-refractivity contribution >= 4 is 5.91 Å². The monoisotopic (exact) mass is 236 g/mol. The van der Waals surface area contributed by atoms with Crippen LogP contribution in [0.4, 0.5) is 0 Å². The number of nitrogens with one attached hydrogen (secondary N) is 1. The average molecular weight is 236 g/mol. The second-order valence-corrected chi connectivity index (χ2v) is 6.33. The molecule has 0 aromatic heterocycles. The molecule has 3 fully saturated rings. The van der Waals surface area contributed by atoms with Gasteiger partial charge in [-0.25, -0.2) is 0 Å². The Labute approximate surface area is 104 Å². The van der Waals surface area contributed by atoms with E-state index in [1.807, 2.05) is 0 Å². The number of rotatable bonds is 2. The zero-order valence-corrected chi connectivity index (χ0v) is 10.8. The largest absolute Gasteiger partial charge is 0.340 e. The lowest BCUT2D eigenvalue weighted by Gasteiger charge is -2.33. The Hall–Kier alpha value is -0.570. The summed E-state index contributed by atoms with van der Waals surface area (Å²) in [4.78, 5) is 14.4. The Morgan fingerprint density at radius 3 is 2.88 bits per heavy atom. The second-order valence-electron chi connectivity index (χ2n) is 6.33. The Kier molecular flexibility index (Phi) is 3.12. The summed E-state index contributed by atoms with van der Waals surface area (Å²) in [6.45, 7) is 4.93. The first-order valence-electron chi connectivity index (χ1n) is 7.23. The maximum atomic E-state index is 12.3. The van der Waals surface area contributed by atoms with E-state index in [0.29, 0.717) is 17.9 Å². The van der Waals surface area contributed by atoms with E-state index in [1.54, 1.807) is 0 Å². The highest BCUT2D eigenvalue weighted by molar-refractivity contribution is 5.76. The third-order valence-corrected chi connectivity index (χ3v) is 5.04. The van der Waals surface area contributed by atoms with Crippen LogP contribution in [0.2, 0.25) is 0 Å². The van der Waals surface area contributed by atoms with Crippen molar-refractivity contribution in [2.45, 2.75) is 45.1 Å². The standard InChI is InChI=1S/C14H24N2O/c1-10-9-16(5-4-15-10)14(17)8-13-7-11-2-3-12(13)6-11/h10-13,15H,2-9H2,1H3/t10-,11?,12?,13?/m0/s1. The molecule has 0 radical (unpaired) electrons. The van der Waals surface area contributed by atoms with Crippen molar-refractivity contribution in [3.63, 3.8) is 0 Å². The molecule has 96 valence electrons. The van der Waals surface area contributed by atoms with Gasteiger partial charge in [0.1, 0.15) is 0 Å². The van der Waals surface area contributed by atoms with Crippen molar-refractivity contribution in [1.29, 1.82) is 0 Å². The van der Waals surface area contributed by atoms with Gasteiger partial charge in [0.15, 0.2) is 0 Å². The van der Waals surface area contributed by atoms with E-state index in [1.165, 1.54) is 25.7 Å². The zero-order valence-electron chi connectivity index (χ0n) is 10.8. The fourth-order valence-electron chi connectivity index (χ4n) is 4.14. The van der Waals surface area contributed by atoms with Gasteiger partial charge in [0, 0.05) is 32.1 Å². The van der Waals surface area contributed by atoms with Crippen molar-refractivity contribution in [1.82, 2.24) is 10.2 Å². The van der Waals surface area contributed by atoms with Crippen LogP contribution in [0.3, 0.4) is 0 Å². The summed E-state index contributed by atoms with van der Waals surface area (Å²) in [5.41, 5.74) is 0. The molecule has 3 nitrogen and oxygen atoms in total. The van der Waals surface area contributed by atoms with Crippen LogP contribution < -0.4 is 5.32 Å². The van der Waals surface area contributed by atoms with E-state index in [-0.39, 0.29) is 0 Å². The van der Waals surface area contributed by atoms with Crippen LogP contribution in [0.5, 0.6) is 0 Å². The maximum Gasteiger partial charge on any atom is 0.222 e. The minimum atomic E-state index is 0.413. The zero-order chi connectivity index (χ0) is 11.8. The van der Waals surface area contributed by atoms with Gasteiger partial charge in [-0.3, -0.25) is 4.79 Å². The molecule has 3 unspecified atom stereocenters. The number of carbonyl (C=O) groups is 1. The molecule has 0 spiro atoms. The smallest absolute Gasteiger partial charge is 0.222 e. The van der Waals surface area contributed by atoms with Gasteiger partial charge in [0.25, 0.3) is 0 Å². The Bertz CT molecular complexity index is 305. The topological polar surface area (TPSA) is 32.3 Å². The molecule has 2 aliphatic carbocycles. The predicted octanol–water partition coefficient (Wildman–Crippen LogP) is 1.63. The molecule has 3 heteroatoms. The lowest BCUT2D eigenvalue weighted by atomic mass is 9.86. The molecule has 3 aliphatic rings. The third-order valence-electron chi connectivity index (χ3n) is 5.04.